The molecule has 1 aliphatic carbocycles. The maximum absolute atomic E-state index is 13.0. The van der Waals surface area contributed by atoms with E-state index in [0.29, 0.717) is 43.4 Å². The molecular formula is C28H34N6O2. The lowest BCUT2D eigenvalue weighted by molar-refractivity contribution is -0.142. The molecule has 5 rings (SSSR count). The summed E-state index contributed by atoms with van der Waals surface area (Å²) in [6.45, 7) is 10.8. The number of aromatic nitrogens is 2. The van der Waals surface area contributed by atoms with E-state index in [4.69, 9.17) is 9.72 Å². The Labute approximate surface area is 213 Å². The van der Waals surface area contributed by atoms with E-state index in [1.165, 1.54) is 0 Å². The van der Waals surface area contributed by atoms with Gasteiger partial charge in [-0.25, -0.2) is 9.97 Å². The van der Waals surface area contributed by atoms with Crippen LogP contribution in [0.4, 0.5) is 17.3 Å². The number of nitrogens with zero attached hydrogens (tertiary/aromatic N) is 5. The first-order chi connectivity index (χ1) is 17.5. The van der Waals surface area contributed by atoms with E-state index in [1.54, 1.807) is 12.3 Å². The molecule has 1 amide bonds. The van der Waals surface area contributed by atoms with Gasteiger partial charge < -0.3 is 19.9 Å². The van der Waals surface area contributed by atoms with Gasteiger partial charge in [-0.15, -0.1) is 0 Å². The largest absolute Gasteiger partial charge is 0.377 e. The van der Waals surface area contributed by atoms with Crippen LogP contribution in [0.15, 0.2) is 31.0 Å². The van der Waals surface area contributed by atoms with Crippen LogP contribution in [0.2, 0.25) is 0 Å². The maximum atomic E-state index is 13.0. The van der Waals surface area contributed by atoms with Crippen molar-refractivity contribution in [1.82, 2.24) is 14.9 Å². The van der Waals surface area contributed by atoms with Gasteiger partial charge in [-0.1, -0.05) is 26.5 Å². The van der Waals surface area contributed by atoms with Gasteiger partial charge in [0.25, 0.3) is 0 Å². The Kier molecular flexibility index (Phi) is 6.92. The van der Waals surface area contributed by atoms with Crippen molar-refractivity contribution < 1.29 is 9.53 Å². The Morgan fingerprint density at radius 3 is 2.78 bits per heavy atom. The van der Waals surface area contributed by atoms with Crippen LogP contribution in [0, 0.1) is 17.2 Å². The van der Waals surface area contributed by atoms with Gasteiger partial charge in [0, 0.05) is 38.4 Å². The summed E-state index contributed by atoms with van der Waals surface area (Å²) in [6.07, 6.45) is 7.20. The smallest absolute Gasteiger partial charge is 0.225 e. The second-order valence-electron chi connectivity index (χ2n) is 10.3. The van der Waals surface area contributed by atoms with Crippen molar-refractivity contribution in [1.29, 1.82) is 5.26 Å². The van der Waals surface area contributed by atoms with Crippen LogP contribution in [0.5, 0.6) is 0 Å². The van der Waals surface area contributed by atoms with Gasteiger partial charge in [0.1, 0.15) is 17.7 Å². The van der Waals surface area contributed by atoms with Gasteiger partial charge in [-0.2, -0.15) is 5.26 Å². The number of nitrogens with one attached hydrogen (secondary N) is 1. The number of pyridine rings is 2. The van der Waals surface area contributed by atoms with Gasteiger partial charge in [0.2, 0.25) is 5.91 Å². The summed E-state index contributed by atoms with van der Waals surface area (Å²) in [5.74, 6) is 2.26. The summed E-state index contributed by atoms with van der Waals surface area (Å²) in [4.78, 5) is 26.8. The molecule has 1 saturated carbocycles. The van der Waals surface area contributed by atoms with E-state index in [9.17, 15) is 10.1 Å². The Bertz CT molecular complexity index is 1180. The maximum Gasteiger partial charge on any atom is 0.225 e. The Balaban J connectivity index is 1.40. The lowest BCUT2D eigenvalue weighted by atomic mass is 9.97. The van der Waals surface area contributed by atoms with Gasteiger partial charge in [-0.3, -0.25) is 4.79 Å². The molecule has 3 aliphatic rings. The minimum absolute atomic E-state index is 0.0627. The highest BCUT2D eigenvalue weighted by Gasteiger charge is 2.36. The molecule has 0 bridgehead atoms. The SMILES string of the molecule is C=Cc1ccnc(Nc2cc(C#N)c(N3CCN(C(=O)CC4CCO4)C(C(C)C)C3)nc2C2CC2)c1. The third kappa shape index (κ3) is 5.07. The van der Waals surface area contributed by atoms with Crippen molar-refractivity contribution >= 4 is 29.3 Å². The standard InChI is InChI=1S/C28H34N6O2/c1-4-19-7-9-30-25(13-19)31-23-14-21(16-29)28(32-27(23)20-5-6-20)33-10-11-34(24(17-33)18(2)3)26(35)15-22-8-12-36-22/h4,7,9,13-14,18,20,22,24H,1,5-6,8,10-12,15,17H2,2-3H3,(H,30,31). The van der Waals surface area contributed by atoms with Crippen LogP contribution in [0.1, 0.15) is 62.3 Å². The summed E-state index contributed by atoms with van der Waals surface area (Å²) in [5, 5.41) is 13.5. The average molecular weight is 487 g/mol. The summed E-state index contributed by atoms with van der Waals surface area (Å²) in [7, 11) is 0. The minimum atomic E-state index is 0.0627. The number of anilines is 3. The van der Waals surface area contributed by atoms with Crippen molar-refractivity contribution in [2.75, 3.05) is 36.5 Å². The summed E-state index contributed by atoms with van der Waals surface area (Å²) in [5.41, 5.74) is 3.33. The molecule has 188 valence electrons. The van der Waals surface area contributed by atoms with Crippen LogP contribution >= 0.6 is 0 Å². The quantitative estimate of drug-likeness (QED) is 0.588. The molecule has 2 aromatic heterocycles. The van der Waals surface area contributed by atoms with E-state index in [2.05, 4.69) is 41.7 Å². The van der Waals surface area contributed by atoms with Crippen molar-refractivity contribution in [2.24, 2.45) is 5.92 Å². The van der Waals surface area contributed by atoms with Crippen LogP contribution < -0.4 is 10.2 Å². The fraction of sp³-hybridized carbons (Fsp3) is 0.500. The number of carbonyl (C=O) groups is 1. The number of piperazine rings is 1. The highest BCUT2D eigenvalue weighted by Crippen LogP contribution is 2.44. The zero-order valence-corrected chi connectivity index (χ0v) is 21.1. The minimum Gasteiger partial charge on any atom is -0.377 e. The van der Waals surface area contributed by atoms with Crippen LogP contribution in [0.25, 0.3) is 6.08 Å². The van der Waals surface area contributed by atoms with Crippen LogP contribution in [-0.4, -0.2) is 59.2 Å². The van der Waals surface area contributed by atoms with Gasteiger partial charge in [0.15, 0.2) is 0 Å². The highest BCUT2D eigenvalue weighted by molar-refractivity contribution is 5.78. The Morgan fingerprint density at radius 1 is 1.33 bits per heavy atom. The molecule has 2 aromatic rings. The van der Waals surface area contributed by atoms with Crippen molar-refractivity contribution in [3.63, 3.8) is 0 Å². The van der Waals surface area contributed by atoms with Gasteiger partial charge in [-0.05, 0) is 48.9 Å². The third-order valence-corrected chi connectivity index (χ3v) is 7.40. The molecular weight excluding hydrogens is 452 g/mol. The number of ether oxygens (including phenoxy) is 1. The highest BCUT2D eigenvalue weighted by atomic mass is 16.5. The predicted molar refractivity (Wildman–Crippen MR) is 140 cm³/mol. The third-order valence-electron chi connectivity index (χ3n) is 7.40. The zero-order valence-electron chi connectivity index (χ0n) is 21.1. The van der Waals surface area contributed by atoms with Crippen LogP contribution in [0.3, 0.4) is 0 Å². The fourth-order valence-corrected chi connectivity index (χ4v) is 5.03. The van der Waals surface area contributed by atoms with E-state index < -0.39 is 0 Å². The number of amides is 1. The molecule has 0 aromatic carbocycles. The van der Waals surface area contributed by atoms with E-state index in [0.717, 1.165) is 48.6 Å². The first-order valence-corrected chi connectivity index (χ1v) is 12.9. The molecule has 36 heavy (non-hydrogen) atoms. The molecule has 2 aliphatic heterocycles. The molecule has 8 nitrogen and oxygen atoms in total. The Hall–Kier alpha value is -3.44. The number of rotatable bonds is 8. The van der Waals surface area contributed by atoms with Crippen molar-refractivity contribution in [3.8, 4) is 6.07 Å². The van der Waals surface area contributed by atoms with Crippen molar-refractivity contribution in [2.45, 2.75) is 57.6 Å². The van der Waals surface area contributed by atoms with E-state index in [-0.39, 0.29) is 24.0 Å². The molecule has 4 heterocycles. The average Bonchev–Trinajstić information content (AvgIpc) is 3.71. The topological polar surface area (TPSA) is 94.4 Å². The molecule has 1 N–H and O–H groups in total. The van der Waals surface area contributed by atoms with E-state index >= 15 is 0 Å². The first kappa shape index (κ1) is 24.3. The second-order valence-corrected chi connectivity index (χ2v) is 10.3. The molecule has 2 unspecified atom stereocenters. The zero-order chi connectivity index (χ0) is 25.2. The molecule has 8 heteroatoms. The Morgan fingerprint density at radius 2 is 2.14 bits per heavy atom. The predicted octanol–water partition coefficient (Wildman–Crippen LogP) is 4.46. The molecule has 0 radical (unpaired) electrons. The summed E-state index contributed by atoms with van der Waals surface area (Å²) >= 11 is 0. The second kappa shape index (κ2) is 10.3. The van der Waals surface area contributed by atoms with Gasteiger partial charge >= 0.3 is 0 Å². The number of hydrogen-bond donors (Lipinski definition) is 1. The van der Waals surface area contributed by atoms with E-state index in [1.807, 2.05) is 23.1 Å². The van der Waals surface area contributed by atoms with Crippen molar-refractivity contribution in [3.05, 3.63) is 47.8 Å². The molecule has 2 saturated heterocycles. The number of hydrogen-bond acceptors (Lipinski definition) is 7. The van der Waals surface area contributed by atoms with Crippen LogP contribution in [-0.2, 0) is 9.53 Å². The monoisotopic (exact) mass is 486 g/mol. The lowest BCUT2D eigenvalue weighted by Crippen LogP contribution is -2.58. The van der Waals surface area contributed by atoms with Gasteiger partial charge in [0.05, 0.1) is 35.5 Å². The summed E-state index contributed by atoms with van der Waals surface area (Å²) in [6, 6.07) is 8.18. The number of nitriles is 1. The first-order valence-electron chi connectivity index (χ1n) is 12.9. The fourth-order valence-electron chi connectivity index (χ4n) is 5.03. The number of carbonyl (C=O) groups excluding carboxylic acids is 1. The summed E-state index contributed by atoms with van der Waals surface area (Å²) < 4.78 is 5.50. The molecule has 3 fully saturated rings. The molecule has 0 spiro atoms. The normalized spacial score (nSPS) is 21.6. The molecule has 2 atom stereocenters. The lowest BCUT2D eigenvalue weighted by Gasteiger charge is -2.44.